The van der Waals surface area contributed by atoms with Crippen molar-refractivity contribution in [3.63, 3.8) is 0 Å². The molecule has 22 heavy (non-hydrogen) atoms. The Labute approximate surface area is 136 Å². The zero-order chi connectivity index (χ0) is 14.8. The van der Waals surface area contributed by atoms with E-state index in [0.717, 1.165) is 32.7 Å². The predicted molar refractivity (Wildman–Crippen MR) is 86.8 cm³/mol. The van der Waals surface area contributed by atoms with Gasteiger partial charge in [-0.1, -0.05) is 6.07 Å². The van der Waals surface area contributed by atoms with Gasteiger partial charge in [0.15, 0.2) is 11.5 Å². The lowest BCUT2D eigenvalue weighted by Crippen LogP contribution is -2.15. The number of nitrogens with zero attached hydrogens (tertiary/aromatic N) is 1. The highest BCUT2D eigenvalue weighted by Gasteiger charge is 2.13. The first-order valence-corrected chi connectivity index (χ1v) is 8.76. The highest BCUT2D eigenvalue weighted by molar-refractivity contribution is 7.98. The minimum absolute atomic E-state index is 0.606. The summed E-state index contributed by atoms with van der Waals surface area (Å²) in [6.45, 7) is 1.22. The maximum atomic E-state index is 5.60. The van der Waals surface area contributed by atoms with E-state index in [4.69, 9.17) is 13.9 Å². The lowest BCUT2D eigenvalue weighted by Gasteiger charge is -2.18. The quantitative estimate of drug-likeness (QED) is 0.660. The van der Waals surface area contributed by atoms with Gasteiger partial charge in [0.25, 0.3) is 0 Å². The summed E-state index contributed by atoms with van der Waals surface area (Å²) in [5.74, 6) is 3.08. The molecule has 0 aliphatic carbocycles. The number of oxazole rings is 1. The van der Waals surface area contributed by atoms with Gasteiger partial charge in [-0.05, 0) is 29.6 Å². The smallest absolute Gasteiger partial charge is 0.236 e. The molecule has 0 saturated carbocycles. The molecule has 1 aromatic carbocycles. The number of hydrogen-bond acceptors (Lipinski definition) is 6. The molecule has 3 aromatic rings. The number of fused-ring (bicyclic) bond motifs is 1. The van der Waals surface area contributed by atoms with Gasteiger partial charge in [0.2, 0.25) is 5.89 Å². The lowest BCUT2D eigenvalue weighted by atomic mass is 10.3. The number of rotatable bonds is 4. The number of aromatic nitrogens is 1. The number of thioether (sulfide) groups is 1. The molecule has 0 saturated heterocycles. The first-order valence-electron chi connectivity index (χ1n) is 6.89. The van der Waals surface area contributed by atoms with Crippen LogP contribution in [-0.2, 0) is 5.75 Å². The highest BCUT2D eigenvalue weighted by Crippen LogP contribution is 2.35. The summed E-state index contributed by atoms with van der Waals surface area (Å²) in [5.41, 5.74) is 0.934. The average Bonchev–Trinajstić information content (AvgIpc) is 3.24. The first-order chi connectivity index (χ1) is 10.9. The molecule has 2 aromatic heterocycles. The van der Waals surface area contributed by atoms with Crippen molar-refractivity contribution in [2.45, 2.75) is 10.6 Å². The predicted octanol–water partition coefficient (Wildman–Crippen LogP) is 4.47. The summed E-state index contributed by atoms with van der Waals surface area (Å²) in [7, 11) is 0. The van der Waals surface area contributed by atoms with Crippen LogP contribution in [0.3, 0.4) is 0 Å². The van der Waals surface area contributed by atoms with Crippen molar-refractivity contribution in [2.75, 3.05) is 13.2 Å². The largest absolute Gasteiger partial charge is 0.486 e. The SMILES string of the molecule is c1csc(-c2nc(CSc3ccc4c(c3)OCCO4)co2)c1. The van der Waals surface area contributed by atoms with Gasteiger partial charge < -0.3 is 13.9 Å². The summed E-state index contributed by atoms with van der Waals surface area (Å²) in [5, 5.41) is 2.02. The van der Waals surface area contributed by atoms with E-state index >= 15 is 0 Å². The van der Waals surface area contributed by atoms with Crippen LogP contribution in [0.4, 0.5) is 0 Å². The van der Waals surface area contributed by atoms with E-state index in [2.05, 4.69) is 4.98 Å². The van der Waals surface area contributed by atoms with Crippen LogP contribution >= 0.6 is 23.1 Å². The molecule has 0 bridgehead atoms. The molecule has 4 nitrogen and oxygen atoms in total. The lowest BCUT2D eigenvalue weighted by molar-refractivity contribution is 0.171. The van der Waals surface area contributed by atoms with Crippen LogP contribution in [0.2, 0.25) is 0 Å². The van der Waals surface area contributed by atoms with Crippen LogP contribution in [0, 0.1) is 0 Å². The number of thiophene rings is 1. The summed E-state index contributed by atoms with van der Waals surface area (Å²) in [6.07, 6.45) is 1.72. The van der Waals surface area contributed by atoms with Gasteiger partial charge in [0.1, 0.15) is 19.5 Å². The van der Waals surface area contributed by atoms with Crippen LogP contribution in [-0.4, -0.2) is 18.2 Å². The summed E-state index contributed by atoms with van der Waals surface area (Å²) in [6, 6.07) is 10.0. The third-order valence-electron chi connectivity index (χ3n) is 3.18. The maximum Gasteiger partial charge on any atom is 0.236 e. The van der Waals surface area contributed by atoms with Crippen molar-refractivity contribution < 1.29 is 13.9 Å². The monoisotopic (exact) mass is 331 g/mol. The van der Waals surface area contributed by atoms with Crippen LogP contribution in [0.1, 0.15) is 5.69 Å². The fraction of sp³-hybridized carbons (Fsp3) is 0.188. The second kappa shape index (κ2) is 6.06. The molecule has 0 amide bonds. The Morgan fingerprint density at radius 3 is 2.91 bits per heavy atom. The molecule has 1 aliphatic heterocycles. The van der Waals surface area contributed by atoms with Gasteiger partial charge >= 0.3 is 0 Å². The van der Waals surface area contributed by atoms with Gasteiger partial charge in [0.05, 0.1) is 10.6 Å². The normalized spacial score (nSPS) is 13.3. The molecule has 0 atom stereocenters. The van der Waals surface area contributed by atoms with Gasteiger partial charge in [-0.25, -0.2) is 4.98 Å². The van der Waals surface area contributed by atoms with E-state index in [-0.39, 0.29) is 0 Å². The van der Waals surface area contributed by atoms with Crippen LogP contribution in [0.25, 0.3) is 10.8 Å². The van der Waals surface area contributed by atoms with E-state index in [1.165, 1.54) is 0 Å². The molecule has 0 radical (unpaired) electrons. The average molecular weight is 331 g/mol. The maximum absolute atomic E-state index is 5.60. The number of ether oxygens (including phenoxy) is 2. The highest BCUT2D eigenvalue weighted by atomic mass is 32.2. The molecule has 0 N–H and O–H groups in total. The number of hydrogen-bond donors (Lipinski definition) is 0. The van der Waals surface area contributed by atoms with E-state index in [0.29, 0.717) is 19.1 Å². The third-order valence-corrected chi connectivity index (χ3v) is 5.07. The number of benzene rings is 1. The Morgan fingerprint density at radius 1 is 1.14 bits per heavy atom. The van der Waals surface area contributed by atoms with Crippen molar-refractivity contribution in [2.24, 2.45) is 0 Å². The second-order valence-corrected chi connectivity index (χ2v) is 6.71. The van der Waals surface area contributed by atoms with Gasteiger partial charge in [0, 0.05) is 10.6 Å². The van der Waals surface area contributed by atoms with E-state index in [9.17, 15) is 0 Å². The van der Waals surface area contributed by atoms with Crippen LogP contribution in [0.5, 0.6) is 11.5 Å². The van der Waals surface area contributed by atoms with E-state index in [1.807, 2.05) is 35.7 Å². The summed E-state index contributed by atoms with van der Waals surface area (Å²) >= 11 is 3.33. The minimum Gasteiger partial charge on any atom is -0.486 e. The first kappa shape index (κ1) is 13.7. The molecule has 0 unspecified atom stereocenters. The van der Waals surface area contributed by atoms with Crippen LogP contribution < -0.4 is 9.47 Å². The molecule has 4 rings (SSSR count). The Balaban J connectivity index is 1.44. The Bertz CT molecular complexity index is 768. The fourth-order valence-corrected chi connectivity index (χ4v) is 3.61. The topological polar surface area (TPSA) is 44.5 Å². The van der Waals surface area contributed by atoms with Gasteiger partial charge in [-0.3, -0.25) is 0 Å². The molecular weight excluding hydrogens is 318 g/mol. The Morgan fingerprint density at radius 2 is 2.05 bits per heavy atom. The van der Waals surface area contributed by atoms with E-state index < -0.39 is 0 Å². The van der Waals surface area contributed by atoms with Crippen molar-refractivity contribution in [1.82, 2.24) is 4.98 Å². The fourth-order valence-electron chi connectivity index (χ4n) is 2.16. The molecule has 0 fully saturated rings. The zero-order valence-electron chi connectivity index (χ0n) is 11.7. The van der Waals surface area contributed by atoms with Gasteiger partial charge in [-0.2, -0.15) is 0 Å². The second-order valence-electron chi connectivity index (χ2n) is 4.72. The van der Waals surface area contributed by atoms with Crippen molar-refractivity contribution in [3.05, 3.63) is 47.7 Å². The Hall–Kier alpha value is -1.92. The molecule has 112 valence electrons. The Kier molecular flexibility index (Phi) is 3.78. The van der Waals surface area contributed by atoms with Crippen molar-refractivity contribution in [1.29, 1.82) is 0 Å². The zero-order valence-corrected chi connectivity index (χ0v) is 13.3. The minimum atomic E-state index is 0.606. The summed E-state index contributed by atoms with van der Waals surface area (Å²) in [4.78, 5) is 6.70. The van der Waals surface area contributed by atoms with Crippen molar-refractivity contribution >= 4 is 23.1 Å². The van der Waals surface area contributed by atoms with Crippen molar-refractivity contribution in [3.8, 4) is 22.3 Å². The third kappa shape index (κ3) is 2.84. The molecule has 3 heterocycles. The molecule has 6 heteroatoms. The molecule has 1 aliphatic rings. The van der Waals surface area contributed by atoms with Crippen LogP contribution in [0.15, 0.2) is 51.3 Å². The molecular formula is C16H13NO3S2. The summed E-state index contributed by atoms with van der Waals surface area (Å²) < 4.78 is 16.7. The van der Waals surface area contributed by atoms with Gasteiger partial charge in [-0.15, -0.1) is 23.1 Å². The molecule has 0 spiro atoms. The van der Waals surface area contributed by atoms with E-state index in [1.54, 1.807) is 29.4 Å². The standard InChI is InChI=1S/C16H13NO3S2/c1-2-15(21-7-1)16-17-11(9-20-16)10-22-12-3-4-13-14(8-12)19-6-5-18-13/h1-4,7-9H,5-6,10H2.